The molecule has 4 nitrogen and oxygen atoms in total. The molecule has 0 radical (unpaired) electrons. The summed E-state index contributed by atoms with van der Waals surface area (Å²) in [4.78, 5) is 13.5. The first kappa shape index (κ1) is 15.4. The first-order valence-electron chi connectivity index (χ1n) is 7.32. The Bertz CT molecular complexity index is 250. The lowest BCUT2D eigenvalue weighted by Crippen LogP contribution is -2.52. The Labute approximate surface area is 111 Å². The predicted octanol–water partition coefficient (Wildman–Crippen LogP) is 1.78. The molecular formula is C14H28N2O2. The Morgan fingerprint density at radius 1 is 1.22 bits per heavy atom. The van der Waals surface area contributed by atoms with E-state index in [0.717, 1.165) is 12.5 Å². The van der Waals surface area contributed by atoms with Crippen LogP contribution in [-0.2, 0) is 9.53 Å². The van der Waals surface area contributed by atoms with Crippen LogP contribution in [0.2, 0.25) is 0 Å². The zero-order valence-corrected chi connectivity index (χ0v) is 12.0. The Hall–Kier alpha value is -0.610. The third-order valence-corrected chi connectivity index (χ3v) is 3.92. The van der Waals surface area contributed by atoms with Gasteiger partial charge in [0.2, 0.25) is 5.91 Å². The van der Waals surface area contributed by atoms with Crippen molar-refractivity contribution in [3.63, 3.8) is 0 Å². The average molecular weight is 256 g/mol. The fourth-order valence-corrected chi connectivity index (χ4v) is 2.78. The van der Waals surface area contributed by atoms with Crippen molar-refractivity contribution in [3.05, 3.63) is 0 Å². The summed E-state index contributed by atoms with van der Waals surface area (Å²) in [5.41, 5.74) is 5.29. The molecule has 0 bridgehead atoms. The SMILES string of the molecule is CC.CC1CCC(N2CCOC(C(N)=O)C2)CC1. The van der Waals surface area contributed by atoms with Crippen molar-refractivity contribution in [3.8, 4) is 0 Å². The predicted molar refractivity (Wildman–Crippen MR) is 73.3 cm³/mol. The lowest BCUT2D eigenvalue weighted by Gasteiger charge is -2.40. The minimum atomic E-state index is -0.395. The van der Waals surface area contributed by atoms with Gasteiger partial charge in [-0.05, 0) is 31.6 Å². The van der Waals surface area contributed by atoms with Crippen LogP contribution in [0.3, 0.4) is 0 Å². The van der Waals surface area contributed by atoms with E-state index in [0.29, 0.717) is 19.2 Å². The van der Waals surface area contributed by atoms with Crippen LogP contribution < -0.4 is 5.73 Å². The number of hydrogen-bond acceptors (Lipinski definition) is 3. The third kappa shape index (κ3) is 4.25. The first-order chi connectivity index (χ1) is 8.66. The molecule has 1 aliphatic heterocycles. The molecule has 0 aromatic heterocycles. The van der Waals surface area contributed by atoms with E-state index in [9.17, 15) is 4.79 Å². The number of nitrogens with zero attached hydrogens (tertiary/aromatic N) is 1. The van der Waals surface area contributed by atoms with Gasteiger partial charge < -0.3 is 10.5 Å². The fourth-order valence-electron chi connectivity index (χ4n) is 2.78. The lowest BCUT2D eigenvalue weighted by molar-refractivity contribution is -0.136. The Morgan fingerprint density at radius 3 is 2.39 bits per heavy atom. The summed E-state index contributed by atoms with van der Waals surface area (Å²) in [5.74, 6) is 0.540. The summed E-state index contributed by atoms with van der Waals surface area (Å²) in [6, 6.07) is 0.641. The lowest BCUT2D eigenvalue weighted by atomic mass is 9.86. The number of primary amides is 1. The number of carbonyl (C=O) groups excluding carboxylic acids is 1. The van der Waals surface area contributed by atoms with Gasteiger partial charge in [0.05, 0.1) is 6.61 Å². The van der Waals surface area contributed by atoms with E-state index in [1.165, 1.54) is 25.7 Å². The summed E-state index contributed by atoms with van der Waals surface area (Å²) in [6.45, 7) is 8.60. The Balaban J connectivity index is 0.000000771. The quantitative estimate of drug-likeness (QED) is 0.819. The highest BCUT2D eigenvalue weighted by Crippen LogP contribution is 2.27. The highest BCUT2D eigenvalue weighted by molar-refractivity contribution is 5.79. The molecule has 1 amide bonds. The van der Waals surface area contributed by atoms with Gasteiger partial charge in [0.15, 0.2) is 0 Å². The maximum absolute atomic E-state index is 11.1. The second-order valence-corrected chi connectivity index (χ2v) is 5.17. The van der Waals surface area contributed by atoms with Crippen molar-refractivity contribution < 1.29 is 9.53 Å². The van der Waals surface area contributed by atoms with Crippen molar-refractivity contribution >= 4 is 5.91 Å². The van der Waals surface area contributed by atoms with Crippen molar-refractivity contribution in [2.45, 2.75) is 58.6 Å². The monoisotopic (exact) mass is 256 g/mol. The largest absolute Gasteiger partial charge is 0.367 e. The molecule has 1 saturated carbocycles. The molecule has 18 heavy (non-hydrogen) atoms. The van der Waals surface area contributed by atoms with Crippen LogP contribution in [0.4, 0.5) is 0 Å². The molecule has 1 heterocycles. The molecule has 4 heteroatoms. The van der Waals surface area contributed by atoms with Crippen molar-refractivity contribution in [2.75, 3.05) is 19.7 Å². The number of hydrogen-bond donors (Lipinski definition) is 1. The summed E-state index contributed by atoms with van der Waals surface area (Å²) < 4.78 is 5.37. The van der Waals surface area contributed by atoms with E-state index >= 15 is 0 Å². The fraction of sp³-hybridized carbons (Fsp3) is 0.929. The van der Waals surface area contributed by atoms with Crippen molar-refractivity contribution in [2.24, 2.45) is 11.7 Å². The summed E-state index contributed by atoms with van der Waals surface area (Å²) in [7, 11) is 0. The zero-order valence-electron chi connectivity index (χ0n) is 12.0. The van der Waals surface area contributed by atoms with Crippen molar-refractivity contribution in [1.29, 1.82) is 0 Å². The summed E-state index contributed by atoms with van der Waals surface area (Å²) in [5, 5.41) is 0. The molecule has 0 aromatic carbocycles. The zero-order chi connectivity index (χ0) is 13.5. The van der Waals surface area contributed by atoms with Gasteiger partial charge in [0.25, 0.3) is 0 Å². The summed E-state index contributed by atoms with van der Waals surface area (Å²) in [6.07, 6.45) is 4.74. The number of ether oxygens (including phenoxy) is 1. The summed E-state index contributed by atoms with van der Waals surface area (Å²) >= 11 is 0. The number of carbonyl (C=O) groups is 1. The van der Waals surface area contributed by atoms with Crippen LogP contribution in [0.5, 0.6) is 0 Å². The van der Waals surface area contributed by atoms with Crippen molar-refractivity contribution in [1.82, 2.24) is 4.90 Å². The van der Waals surface area contributed by atoms with Crippen LogP contribution in [0.25, 0.3) is 0 Å². The molecule has 106 valence electrons. The number of nitrogens with two attached hydrogens (primary N) is 1. The third-order valence-electron chi connectivity index (χ3n) is 3.92. The minimum absolute atomic E-state index is 0.325. The highest BCUT2D eigenvalue weighted by Gasteiger charge is 2.30. The number of morpholine rings is 1. The molecule has 1 saturated heterocycles. The van der Waals surface area contributed by atoms with Gasteiger partial charge in [-0.3, -0.25) is 9.69 Å². The van der Waals surface area contributed by atoms with E-state index in [-0.39, 0.29) is 5.91 Å². The first-order valence-corrected chi connectivity index (χ1v) is 7.32. The van der Waals surface area contributed by atoms with E-state index < -0.39 is 6.10 Å². The molecule has 2 aliphatic rings. The number of amides is 1. The maximum atomic E-state index is 11.1. The molecule has 1 atom stereocenters. The smallest absolute Gasteiger partial charge is 0.247 e. The topological polar surface area (TPSA) is 55.6 Å². The van der Waals surface area contributed by atoms with Gasteiger partial charge in [-0.2, -0.15) is 0 Å². The standard InChI is InChI=1S/C12H22N2O2.C2H6/c1-9-2-4-10(5-3-9)14-6-7-16-11(8-14)12(13)15;1-2/h9-11H,2-8H2,1H3,(H2,13,15);1-2H3. The van der Waals surface area contributed by atoms with Crippen LogP contribution in [-0.4, -0.2) is 42.6 Å². The van der Waals surface area contributed by atoms with Gasteiger partial charge in [-0.15, -0.1) is 0 Å². The van der Waals surface area contributed by atoms with E-state index in [1.54, 1.807) is 0 Å². The van der Waals surface area contributed by atoms with Gasteiger partial charge in [0, 0.05) is 19.1 Å². The molecular weight excluding hydrogens is 228 g/mol. The molecule has 0 aromatic rings. The van der Waals surface area contributed by atoms with Crippen LogP contribution in [0.1, 0.15) is 46.5 Å². The minimum Gasteiger partial charge on any atom is -0.367 e. The normalized spacial score (nSPS) is 33.4. The van der Waals surface area contributed by atoms with E-state index in [4.69, 9.17) is 10.5 Å². The number of rotatable bonds is 2. The Morgan fingerprint density at radius 2 is 1.83 bits per heavy atom. The average Bonchev–Trinajstić information content (AvgIpc) is 2.42. The molecule has 2 rings (SSSR count). The molecule has 0 spiro atoms. The van der Waals surface area contributed by atoms with Gasteiger partial charge in [-0.25, -0.2) is 0 Å². The highest BCUT2D eigenvalue weighted by atomic mass is 16.5. The van der Waals surface area contributed by atoms with Gasteiger partial charge in [-0.1, -0.05) is 20.8 Å². The molecule has 1 unspecified atom stereocenters. The second kappa shape index (κ2) is 7.74. The molecule has 2 N–H and O–H groups in total. The van der Waals surface area contributed by atoms with Crippen LogP contribution in [0, 0.1) is 5.92 Å². The van der Waals surface area contributed by atoms with Gasteiger partial charge in [0.1, 0.15) is 6.10 Å². The van der Waals surface area contributed by atoms with Crippen LogP contribution in [0.15, 0.2) is 0 Å². The maximum Gasteiger partial charge on any atom is 0.247 e. The molecule has 1 aliphatic carbocycles. The Kier molecular flexibility index (Phi) is 6.65. The van der Waals surface area contributed by atoms with E-state index in [1.807, 2.05) is 13.8 Å². The van der Waals surface area contributed by atoms with E-state index in [2.05, 4.69) is 11.8 Å². The molecule has 2 fully saturated rings. The second-order valence-electron chi connectivity index (χ2n) is 5.17. The van der Waals surface area contributed by atoms with Crippen LogP contribution >= 0.6 is 0 Å². The van der Waals surface area contributed by atoms with Gasteiger partial charge >= 0.3 is 0 Å².